The van der Waals surface area contributed by atoms with Crippen LogP contribution >= 0.6 is 0 Å². The van der Waals surface area contributed by atoms with Gasteiger partial charge in [0, 0.05) is 32.7 Å². The number of carbonyl (C=O) groups excluding carboxylic acids is 1. The van der Waals surface area contributed by atoms with Crippen molar-refractivity contribution in [2.24, 2.45) is 0 Å². The summed E-state index contributed by atoms with van der Waals surface area (Å²) in [7, 11) is 3.28. The summed E-state index contributed by atoms with van der Waals surface area (Å²) in [6, 6.07) is 21.8. The van der Waals surface area contributed by atoms with E-state index in [0.717, 1.165) is 29.3 Å². The minimum atomic E-state index is -2.49. The van der Waals surface area contributed by atoms with Gasteiger partial charge in [-0.3, -0.25) is 4.90 Å². The van der Waals surface area contributed by atoms with Crippen LogP contribution in [0.4, 0.5) is 22.4 Å². The molecule has 0 radical (unpaired) electrons. The first-order valence-electron chi connectivity index (χ1n) is 13.0. The van der Waals surface area contributed by atoms with E-state index in [1.807, 2.05) is 66.7 Å². The van der Waals surface area contributed by atoms with E-state index >= 15 is 0 Å². The van der Waals surface area contributed by atoms with E-state index in [9.17, 15) is 22.4 Å². The number of carbonyl (C=O) groups is 1. The molecule has 0 aliphatic carbocycles. The van der Waals surface area contributed by atoms with Gasteiger partial charge in [-0.2, -0.15) is 0 Å². The molecule has 0 spiro atoms. The van der Waals surface area contributed by atoms with Crippen LogP contribution in [0.25, 0.3) is 5.57 Å². The Balaban J connectivity index is 1.70. The second kappa shape index (κ2) is 12.5. The molecule has 1 unspecified atom stereocenters. The Morgan fingerprint density at radius 3 is 2.28 bits per heavy atom. The van der Waals surface area contributed by atoms with Gasteiger partial charge in [0.15, 0.2) is 0 Å². The Morgan fingerprint density at radius 1 is 0.974 bits per heavy atom. The van der Waals surface area contributed by atoms with Crippen LogP contribution in [0.1, 0.15) is 29.5 Å². The molecular weight excluding hydrogens is 506 g/mol. The molecule has 0 saturated heterocycles. The van der Waals surface area contributed by atoms with Crippen molar-refractivity contribution >= 4 is 11.6 Å². The number of hydrogen-bond acceptors (Lipinski definition) is 2. The highest BCUT2D eigenvalue weighted by Gasteiger charge is 2.45. The average Bonchev–Trinajstić information content (AvgIpc) is 3.30. The zero-order valence-corrected chi connectivity index (χ0v) is 22.2. The molecule has 4 rings (SSSR count). The molecule has 8 heteroatoms. The van der Waals surface area contributed by atoms with Gasteiger partial charge >= 0.3 is 6.03 Å². The van der Waals surface area contributed by atoms with Crippen molar-refractivity contribution < 1.29 is 22.4 Å². The van der Waals surface area contributed by atoms with E-state index in [-0.39, 0.29) is 24.7 Å². The third-order valence-electron chi connectivity index (χ3n) is 7.06. The number of rotatable bonds is 10. The lowest BCUT2D eigenvalue weighted by Gasteiger charge is -2.40. The highest BCUT2D eigenvalue weighted by atomic mass is 19.3. The van der Waals surface area contributed by atoms with Crippen LogP contribution < -0.4 is 0 Å². The lowest BCUT2D eigenvalue weighted by Crippen LogP contribution is -2.49. The number of amides is 2. The van der Waals surface area contributed by atoms with Crippen LogP contribution in [0, 0.1) is 11.6 Å². The Hall–Kier alpha value is -3.65. The number of urea groups is 1. The van der Waals surface area contributed by atoms with Gasteiger partial charge in [-0.1, -0.05) is 60.7 Å². The minimum absolute atomic E-state index is 0.0804. The lowest BCUT2D eigenvalue weighted by molar-refractivity contribution is 0.0799. The molecule has 0 bridgehead atoms. The molecule has 0 N–H and O–H groups in total. The van der Waals surface area contributed by atoms with Crippen LogP contribution in [0.15, 0.2) is 84.9 Å². The second-order valence-electron chi connectivity index (χ2n) is 10.1. The van der Waals surface area contributed by atoms with Crippen LogP contribution in [0.5, 0.6) is 0 Å². The molecule has 1 aliphatic rings. The number of alkyl halides is 2. The summed E-state index contributed by atoms with van der Waals surface area (Å²) >= 11 is 0. The fourth-order valence-corrected chi connectivity index (χ4v) is 5.27. The first-order chi connectivity index (χ1) is 18.7. The summed E-state index contributed by atoms with van der Waals surface area (Å²) in [5.41, 5.74) is 1.38. The highest BCUT2D eigenvalue weighted by molar-refractivity contribution is 5.83. The minimum Gasteiger partial charge on any atom is -0.331 e. The van der Waals surface area contributed by atoms with Crippen molar-refractivity contribution in [2.75, 3.05) is 33.7 Å². The number of halogens is 4. The molecule has 0 fully saturated rings. The Labute approximate surface area is 227 Å². The number of benzene rings is 3. The molecule has 0 saturated carbocycles. The Morgan fingerprint density at radius 2 is 1.64 bits per heavy atom. The number of hydrogen-bond donors (Lipinski definition) is 0. The fourth-order valence-electron chi connectivity index (χ4n) is 5.27. The third-order valence-corrected chi connectivity index (χ3v) is 7.06. The third kappa shape index (κ3) is 6.68. The SMILES string of the molecule is CN(C)C(=O)N1CC(c2cc(F)ccc2F)=CC1(CCCN(Cc1ccccc1)CC(F)F)c1ccccc1. The topological polar surface area (TPSA) is 26.8 Å². The summed E-state index contributed by atoms with van der Waals surface area (Å²) in [6.07, 6.45) is 0.251. The summed E-state index contributed by atoms with van der Waals surface area (Å²) in [4.78, 5) is 18.3. The zero-order valence-electron chi connectivity index (χ0n) is 22.2. The lowest BCUT2D eigenvalue weighted by atomic mass is 9.84. The quantitative estimate of drug-likeness (QED) is 0.265. The van der Waals surface area contributed by atoms with Gasteiger partial charge in [0.2, 0.25) is 0 Å². The molecule has 0 aromatic heterocycles. The highest BCUT2D eigenvalue weighted by Crippen LogP contribution is 2.44. The van der Waals surface area contributed by atoms with Crippen LogP contribution in [-0.2, 0) is 12.1 Å². The average molecular weight is 540 g/mol. The van der Waals surface area contributed by atoms with Crippen LogP contribution in [-0.4, -0.2) is 60.9 Å². The zero-order chi connectivity index (χ0) is 28.0. The Bertz CT molecular complexity index is 1280. The van der Waals surface area contributed by atoms with Gasteiger partial charge in [0.25, 0.3) is 6.43 Å². The second-order valence-corrected chi connectivity index (χ2v) is 10.1. The van der Waals surface area contributed by atoms with Crippen molar-refractivity contribution in [3.8, 4) is 0 Å². The molecule has 3 aromatic rings. The van der Waals surface area contributed by atoms with Crippen LogP contribution in [0.3, 0.4) is 0 Å². The molecule has 2 amide bonds. The van der Waals surface area contributed by atoms with E-state index in [2.05, 4.69) is 0 Å². The van der Waals surface area contributed by atoms with Gasteiger partial charge in [-0.05, 0) is 60.4 Å². The monoisotopic (exact) mass is 539 g/mol. The predicted octanol–water partition coefficient (Wildman–Crippen LogP) is 6.79. The summed E-state index contributed by atoms with van der Waals surface area (Å²) in [5.74, 6) is -1.15. The normalized spacial score (nSPS) is 17.1. The maximum atomic E-state index is 14.8. The van der Waals surface area contributed by atoms with Crippen LogP contribution in [0.2, 0.25) is 0 Å². The Kier molecular flexibility index (Phi) is 9.07. The molecule has 206 valence electrons. The number of nitrogens with zero attached hydrogens (tertiary/aromatic N) is 3. The molecule has 39 heavy (non-hydrogen) atoms. The van der Waals surface area contributed by atoms with Gasteiger partial charge in [-0.25, -0.2) is 22.4 Å². The first kappa shape index (κ1) is 28.4. The molecular formula is C31H33F4N3O. The molecule has 4 nitrogen and oxygen atoms in total. The molecule has 1 aliphatic heterocycles. The van der Waals surface area contributed by atoms with Gasteiger partial charge in [0.1, 0.15) is 11.6 Å². The van der Waals surface area contributed by atoms with Crippen molar-refractivity contribution in [1.82, 2.24) is 14.7 Å². The van der Waals surface area contributed by atoms with E-state index in [1.165, 1.54) is 4.90 Å². The van der Waals surface area contributed by atoms with E-state index in [4.69, 9.17) is 0 Å². The summed E-state index contributed by atoms with van der Waals surface area (Å²) < 4.78 is 55.9. The molecule has 1 atom stereocenters. The largest absolute Gasteiger partial charge is 0.331 e. The van der Waals surface area contributed by atoms with E-state index in [0.29, 0.717) is 31.5 Å². The molecule has 3 aromatic carbocycles. The van der Waals surface area contributed by atoms with E-state index in [1.54, 1.807) is 23.9 Å². The maximum Gasteiger partial charge on any atom is 0.320 e. The first-order valence-corrected chi connectivity index (χ1v) is 13.0. The smallest absolute Gasteiger partial charge is 0.320 e. The van der Waals surface area contributed by atoms with Gasteiger partial charge < -0.3 is 9.80 Å². The predicted molar refractivity (Wildman–Crippen MR) is 145 cm³/mol. The maximum absolute atomic E-state index is 14.8. The summed E-state index contributed by atoms with van der Waals surface area (Å²) in [6.45, 7) is 0.453. The van der Waals surface area contributed by atoms with Crippen molar-refractivity contribution in [3.05, 3.63) is 113 Å². The van der Waals surface area contributed by atoms with E-state index < -0.39 is 23.6 Å². The van der Waals surface area contributed by atoms with Crippen molar-refractivity contribution in [1.29, 1.82) is 0 Å². The molecule has 1 heterocycles. The summed E-state index contributed by atoms with van der Waals surface area (Å²) in [5, 5.41) is 0. The van der Waals surface area contributed by atoms with Crippen molar-refractivity contribution in [3.63, 3.8) is 0 Å². The standard InChI is InChI=1S/C31H33F4N3O/c1-36(2)30(39)38-21-24(27-18-26(32)14-15-28(27)33)19-31(38,25-12-7-4-8-13-25)16-9-17-37(22-29(34)35)20-23-10-5-3-6-11-23/h3-8,10-15,18-19,29H,9,16-17,20-22H2,1-2H3. The van der Waals surface area contributed by atoms with Gasteiger partial charge in [0.05, 0.1) is 12.1 Å². The van der Waals surface area contributed by atoms with Gasteiger partial charge in [-0.15, -0.1) is 0 Å². The fraction of sp³-hybridized carbons (Fsp3) is 0.323. The van der Waals surface area contributed by atoms with Crippen molar-refractivity contribution in [2.45, 2.75) is 31.4 Å².